The van der Waals surface area contributed by atoms with Crippen LogP contribution in [0.2, 0.25) is 0 Å². The van der Waals surface area contributed by atoms with Crippen molar-refractivity contribution in [3.63, 3.8) is 0 Å². The van der Waals surface area contributed by atoms with E-state index in [2.05, 4.69) is 17.3 Å². The SMILES string of the molecule is CCc1csc(C2CCCN(C(=O)C(C)CN)C2)n1.Cl.Cl. The molecule has 0 radical (unpaired) electrons. The molecular weight excluding hydrogens is 329 g/mol. The molecule has 0 bridgehead atoms. The zero-order valence-corrected chi connectivity index (χ0v) is 15.0. The number of halogens is 2. The molecule has 1 aromatic heterocycles. The molecule has 1 saturated heterocycles. The van der Waals surface area contributed by atoms with Gasteiger partial charge in [0.25, 0.3) is 0 Å². The third-order valence-corrected chi connectivity index (χ3v) is 4.85. The molecule has 1 aliphatic heterocycles. The lowest BCUT2D eigenvalue weighted by atomic mass is 9.97. The highest BCUT2D eigenvalue weighted by molar-refractivity contribution is 7.09. The molecule has 0 saturated carbocycles. The molecule has 1 fully saturated rings. The number of amides is 1. The molecule has 2 heterocycles. The summed E-state index contributed by atoms with van der Waals surface area (Å²) < 4.78 is 0. The minimum atomic E-state index is -0.0683. The lowest BCUT2D eigenvalue weighted by Crippen LogP contribution is -2.43. The average Bonchev–Trinajstić information content (AvgIpc) is 2.94. The van der Waals surface area contributed by atoms with Crippen molar-refractivity contribution in [3.8, 4) is 0 Å². The number of thiazole rings is 1. The molecule has 122 valence electrons. The van der Waals surface area contributed by atoms with Crippen LogP contribution in [0, 0.1) is 5.92 Å². The predicted molar refractivity (Wildman–Crippen MR) is 92.8 cm³/mol. The summed E-state index contributed by atoms with van der Waals surface area (Å²) in [4.78, 5) is 18.8. The van der Waals surface area contributed by atoms with E-state index in [1.54, 1.807) is 11.3 Å². The van der Waals surface area contributed by atoms with Gasteiger partial charge in [-0.05, 0) is 19.3 Å². The third kappa shape index (κ3) is 5.09. The topological polar surface area (TPSA) is 59.2 Å². The molecule has 1 amide bonds. The highest BCUT2D eigenvalue weighted by Gasteiger charge is 2.28. The number of aryl methyl sites for hydroxylation is 1. The van der Waals surface area contributed by atoms with Crippen LogP contribution in [-0.4, -0.2) is 35.4 Å². The first-order valence-electron chi connectivity index (χ1n) is 7.08. The Bertz CT molecular complexity index is 442. The maximum absolute atomic E-state index is 12.2. The van der Waals surface area contributed by atoms with Crippen molar-refractivity contribution >= 4 is 42.1 Å². The molecule has 2 unspecified atom stereocenters. The highest BCUT2D eigenvalue weighted by atomic mass is 35.5. The molecule has 2 rings (SSSR count). The van der Waals surface area contributed by atoms with Crippen molar-refractivity contribution in [2.24, 2.45) is 11.7 Å². The van der Waals surface area contributed by atoms with Gasteiger partial charge in [-0.1, -0.05) is 13.8 Å². The van der Waals surface area contributed by atoms with E-state index in [1.165, 1.54) is 10.7 Å². The molecule has 2 atom stereocenters. The van der Waals surface area contributed by atoms with Gasteiger partial charge in [0.2, 0.25) is 5.91 Å². The molecule has 1 aliphatic rings. The summed E-state index contributed by atoms with van der Waals surface area (Å²) in [5, 5.41) is 3.33. The van der Waals surface area contributed by atoms with E-state index in [-0.39, 0.29) is 36.6 Å². The van der Waals surface area contributed by atoms with Crippen LogP contribution in [-0.2, 0) is 11.2 Å². The van der Waals surface area contributed by atoms with Crippen molar-refractivity contribution in [2.75, 3.05) is 19.6 Å². The first-order valence-corrected chi connectivity index (χ1v) is 7.96. The second kappa shape index (κ2) is 9.62. The smallest absolute Gasteiger partial charge is 0.226 e. The molecule has 0 spiro atoms. The Labute approximate surface area is 143 Å². The Kier molecular flexibility index (Phi) is 9.45. The van der Waals surface area contributed by atoms with Gasteiger partial charge in [0, 0.05) is 36.9 Å². The van der Waals surface area contributed by atoms with Crippen LogP contribution >= 0.6 is 36.2 Å². The lowest BCUT2D eigenvalue weighted by molar-refractivity contribution is -0.135. The number of aromatic nitrogens is 1. The van der Waals surface area contributed by atoms with Crippen molar-refractivity contribution in [3.05, 3.63) is 16.1 Å². The summed E-state index contributed by atoms with van der Waals surface area (Å²) in [6, 6.07) is 0. The summed E-state index contributed by atoms with van der Waals surface area (Å²) >= 11 is 1.73. The molecular formula is C14H25Cl2N3OS. The highest BCUT2D eigenvalue weighted by Crippen LogP contribution is 2.29. The largest absolute Gasteiger partial charge is 0.342 e. The van der Waals surface area contributed by atoms with Gasteiger partial charge in [-0.25, -0.2) is 4.98 Å². The summed E-state index contributed by atoms with van der Waals surface area (Å²) in [5.74, 6) is 0.536. The van der Waals surface area contributed by atoms with E-state index in [1.807, 2.05) is 11.8 Å². The van der Waals surface area contributed by atoms with E-state index in [0.717, 1.165) is 32.4 Å². The van der Waals surface area contributed by atoms with Gasteiger partial charge in [-0.15, -0.1) is 36.2 Å². The number of carbonyl (C=O) groups excluding carboxylic acids is 1. The minimum absolute atomic E-state index is 0. The van der Waals surface area contributed by atoms with Crippen LogP contribution in [0.4, 0.5) is 0 Å². The van der Waals surface area contributed by atoms with E-state index in [0.29, 0.717) is 12.5 Å². The Balaban J connectivity index is 0.00000200. The van der Waals surface area contributed by atoms with Crippen LogP contribution < -0.4 is 5.73 Å². The van der Waals surface area contributed by atoms with Crippen molar-refractivity contribution in [1.29, 1.82) is 0 Å². The molecule has 4 nitrogen and oxygen atoms in total. The Morgan fingerprint density at radius 1 is 1.57 bits per heavy atom. The van der Waals surface area contributed by atoms with Crippen LogP contribution in [0.25, 0.3) is 0 Å². The number of nitrogens with zero attached hydrogens (tertiary/aromatic N) is 2. The van der Waals surface area contributed by atoms with Gasteiger partial charge >= 0.3 is 0 Å². The second-order valence-corrected chi connectivity index (χ2v) is 6.18. The van der Waals surface area contributed by atoms with Gasteiger partial charge in [-0.2, -0.15) is 0 Å². The maximum Gasteiger partial charge on any atom is 0.226 e. The average molecular weight is 354 g/mol. The normalized spacial score (nSPS) is 19.4. The Morgan fingerprint density at radius 3 is 2.86 bits per heavy atom. The van der Waals surface area contributed by atoms with Crippen LogP contribution in [0.3, 0.4) is 0 Å². The van der Waals surface area contributed by atoms with E-state index in [4.69, 9.17) is 5.73 Å². The van der Waals surface area contributed by atoms with Gasteiger partial charge in [0.15, 0.2) is 0 Å². The number of hydrogen-bond acceptors (Lipinski definition) is 4. The zero-order chi connectivity index (χ0) is 13.8. The standard InChI is InChI=1S/C14H23N3OS.2ClH/c1-3-12-9-19-13(16-12)11-5-4-6-17(8-11)14(18)10(2)7-15;;/h9-11H,3-8,15H2,1-2H3;2*1H. The second-order valence-electron chi connectivity index (χ2n) is 5.29. The number of carbonyl (C=O) groups is 1. The van der Waals surface area contributed by atoms with E-state index < -0.39 is 0 Å². The Morgan fingerprint density at radius 2 is 2.29 bits per heavy atom. The minimum Gasteiger partial charge on any atom is -0.342 e. The summed E-state index contributed by atoms with van der Waals surface area (Å²) in [6.07, 6.45) is 3.18. The van der Waals surface area contributed by atoms with Gasteiger partial charge < -0.3 is 10.6 Å². The van der Waals surface area contributed by atoms with Gasteiger partial charge in [-0.3, -0.25) is 4.79 Å². The van der Waals surface area contributed by atoms with Crippen LogP contribution in [0.1, 0.15) is 43.3 Å². The summed E-state index contributed by atoms with van der Waals surface area (Å²) in [7, 11) is 0. The Hall–Kier alpha value is -0.360. The third-order valence-electron chi connectivity index (χ3n) is 3.79. The zero-order valence-electron chi connectivity index (χ0n) is 12.6. The number of nitrogens with two attached hydrogens (primary N) is 1. The van der Waals surface area contributed by atoms with Crippen LogP contribution in [0.15, 0.2) is 5.38 Å². The lowest BCUT2D eigenvalue weighted by Gasteiger charge is -2.33. The van der Waals surface area contributed by atoms with Gasteiger partial charge in [0.1, 0.15) is 0 Å². The van der Waals surface area contributed by atoms with Gasteiger partial charge in [0.05, 0.1) is 10.7 Å². The molecule has 2 N–H and O–H groups in total. The fourth-order valence-corrected chi connectivity index (χ4v) is 3.49. The monoisotopic (exact) mass is 353 g/mol. The van der Waals surface area contributed by atoms with Crippen molar-refractivity contribution in [1.82, 2.24) is 9.88 Å². The number of likely N-dealkylation sites (tertiary alicyclic amines) is 1. The summed E-state index contributed by atoms with van der Waals surface area (Å²) in [6.45, 7) is 6.13. The molecule has 1 aromatic rings. The molecule has 0 aliphatic carbocycles. The first-order chi connectivity index (χ1) is 9.15. The van der Waals surface area contributed by atoms with E-state index >= 15 is 0 Å². The van der Waals surface area contributed by atoms with E-state index in [9.17, 15) is 4.79 Å². The molecule has 21 heavy (non-hydrogen) atoms. The quantitative estimate of drug-likeness (QED) is 0.905. The van der Waals surface area contributed by atoms with Crippen LogP contribution in [0.5, 0.6) is 0 Å². The fraction of sp³-hybridized carbons (Fsp3) is 0.714. The number of rotatable bonds is 4. The van der Waals surface area contributed by atoms with Crippen molar-refractivity contribution in [2.45, 2.75) is 39.0 Å². The first kappa shape index (κ1) is 20.6. The predicted octanol–water partition coefficient (Wildman–Crippen LogP) is 2.85. The molecule has 0 aromatic carbocycles. The van der Waals surface area contributed by atoms with Crippen molar-refractivity contribution < 1.29 is 4.79 Å². The fourth-order valence-electron chi connectivity index (χ4n) is 2.46. The maximum atomic E-state index is 12.2. The number of piperidine rings is 1. The molecule has 7 heteroatoms. The number of hydrogen-bond donors (Lipinski definition) is 1. The summed E-state index contributed by atoms with van der Waals surface area (Å²) in [5.41, 5.74) is 6.75.